The second-order valence-corrected chi connectivity index (χ2v) is 5.55. The van der Waals surface area contributed by atoms with Crippen molar-refractivity contribution in [1.82, 2.24) is 9.97 Å². The lowest BCUT2D eigenvalue weighted by molar-refractivity contribution is 0.812. The number of aromatic nitrogens is 2. The number of halogens is 1. The molecule has 0 amide bonds. The van der Waals surface area contributed by atoms with Crippen LogP contribution >= 0.6 is 11.6 Å². The van der Waals surface area contributed by atoms with Crippen molar-refractivity contribution < 1.29 is 0 Å². The van der Waals surface area contributed by atoms with Crippen molar-refractivity contribution in [3.8, 4) is 0 Å². The predicted molar refractivity (Wildman–Crippen MR) is 85.0 cm³/mol. The van der Waals surface area contributed by atoms with Crippen LogP contribution in [-0.4, -0.2) is 15.8 Å². The minimum Gasteiger partial charge on any atom is -0.324 e. The van der Waals surface area contributed by atoms with Crippen LogP contribution in [0.3, 0.4) is 0 Å². The Bertz CT molecular complexity index is 564. The molecule has 106 valence electrons. The maximum absolute atomic E-state index is 5.73. The largest absolute Gasteiger partial charge is 0.324 e. The topological polar surface area (TPSA) is 37.8 Å². The maximum Gasteiger partial charge on any atom is 0.227 e. The molecule has 1 aromatic heterocycles. The fourth-order valence-corrected chi connectivity index (χ4v) is 2.16. The summed E-state index contributed by atoms with van der Waals surface area (Å²) in [4.78, 5) is 8.97. The SMILES string of the molecule is Cc1cc(C(C)C)nc(Nc2ccc(CCCl)cc2)n1. The van der Waals surface area contributed by atoms with Gasteiger partial charge in [-0.3, -0.25) is 0 Å². The van der Waals surface area contributed by atoms with Gasteiger partial charge in [0, 0.05) is 23.0 Å². The minimum absolute atomic E-state index is 0.392. The number of nitrogens with zero attached hydrogens (tertiary/aromatic N) is 2. The fourth-order valence-electron chi connectivity index (χ4n) is 1.94. The van der Waals surface area contributed by atoms with E-state index in [2.05, 4.69) is 41.3 Å². The smallest absolute Gasteiger partial charge is 0.227 e. The molecule has 0 aliphatic heterocycles. The van der Waals surface area contributed by atoms with Crippen molar-refractivity contribution in [3.05, 3.63) is 47.3 Å². The van der Waals surface area contributed by atoms with Crippen molar-refractivity contribution in [2.45, 2.75) is 33.1 Å². The zero-order chi connectivity index (χ0) is 14.5. The number of nitrogens with one attached hydrogen (secondary N) is 1. The molecular weight excluding hydrogens is 270 g/mol. The molecular formula is C16H20ClN3. The molecule has 0 aliphatic rings. The van der Waals surface area contributed by atoms with Gasteiger partial charge in [-0.2, -0.15) is 0 Å². The van der Waals surface area contributed by atoms with Crippen LogP contribution in [0, 0.1) is 6.92 Å². The zero-order valence-corrected chi connectivity index (χ0v) is 12.9. The van der Waals surface area contributed by atoms with Gasteiger partial charge in [-0.1, -0.05) is 26.0 Å². The van der Waals surface area contributed by atoms with E-state index in [1.807, 2.05) is 25.1 Å². The van der Waals surface area contributed by atoms with Crippen molar-refractivity contribution >= 4 is 23.2 Å². The monoisotopic (exact) mass is 289 g/mol. The summed E-state index contributed by atoms with van der Waals surface area (Å²) >= 11 is 5.73. The lowest BCUT2D eigenvalue weighted by Gasteiger charge is -2.10. The van der Waals surface area contributed by atoms with Crippen LogP contribution in [0.25, 0.3) is 0 Å². The Morgan fingerprint density at radius 3 is 2.45 bits per heavy atom. The van der Waals surface area contributed by atoms with Gasteiger partial charge >= 0.3 is 0 Å². The fraction of sp³-hybridized carbons (Fsp3) is 0.375. The summed E-state index contributed by atoms with van der Waals surface area (Å²) < 4.78 is 0. The number of hydrogen-bond donors (Lipinski definition) is 1. The Morgan fingerprint density at radius 1 is 1.15 bits per heavy atom. The van der Waals surface area contributed by atoms with Gasteiger partial charge in [0.2, 0.25) is 5.95 Å². The van der Waals surface area contributed by atoms with Gasteiger partial charge in [-0.05, 0) is 43.0 Å². The number of anilines is 2. The first kappa shape index (κ1) is 14.8. The van der Waals surface area contributed by atoms with E-state index in [1.54, 1.807) is 0 Å². The van der Waals surface area contributed by atoms with Gasteiger partial charge in [0.25, 0.3) is 0 Å². The molecule has 0 atom stereocenters. The third kappa shape index (κ3) is 3.94. The third-order valence-corrected chi connectivity index (χ3v) is 3.25. The van der Waals surface area contributed by atoms with Crippen LogP contribution in [0.5, 0.6) is 0 Å². The number of aryl methyl sites for hydroxylation is 2. The van der Waals surface area contributed by atoms with Gasteiger partial charge in [-0.15, -0.1) is 11.6 Å². The highest BCUT2D eigenvalue weighted by atomic mass is 35.5. The standard InChI is InChI=1S/C16H20ClN3/c1-11(2)15-10-12(3)18-16(20-15)19-14-6-4-13(5-7-14)8-9-17/h4-7,10-11H,8-9H2,1-3H3,(H,18,19,20). The summed E-state index contributed by atoms with van der Waals surface area (Å²) in [5.74, 6) is 1.69. The number of benzene rings is 1. The van der Waals surface area contributed by atoms with E-state index in [-0.39, 0.29) is 0 Å². The van der Waals surface area contributed by atoms with E-state index in [4.69, 9.17) is 11.6 Å². The molecule has 3 nitrogen and oxygen atoms in total. The second-order valence-electron chi connectivity index (χ2n) is 5.17. The van der Waals surface area contributed by atoms with Crippen LogP contribution in [0.1, 0.15) is 36.7 Å². The van der Waals surface area contributed by atoms with Crippen molar-refractivity contribution in [3.63, 3.8) is 0 Å². The highest BCUT2D eigenvalue weighted by Gasteiger charge is 2.06. The van der Waals surface area contributed by atoms with Gasteiger partial charge in [0.1, 0.15) is 0 Å². The number of hydrogen-bond acceptors (Lipinski definition) is 3. The summed E-state index contributed by atoms with van der Waals surface area (Å²) in [6.45, 7) is 6.25. The molecule has 0 spiro atoms. The van der Waals surface area contributed by atoms with Crippen LogP contribution in [0.2, 0.25) is 0 Å². The highest BCUT2D eigenvalue weighted by Crippen LogP contribution is 2.18. The summed E-state index contributed by atoms with van der Waals surface area (Å²) in [6.07, 6.45) is 0.889. The van der Waals surface area contributed by atoms with E-state index < -0.39 is 0 Å². The van der Waals surface area contributed by atoms with Crippen LogP contribution < -0.4 is 5.32 Å². The first-order valence-corrected chi connectivity index (χ1v) is 7.39. The summed E-state index contributed by atoms with van der Waals surface area (Å²) in [7, 11) is 0. The van der Waals surface area contributed by atoms with Gasteiger partial charge in [0.15, 0.2) is 0 Å². The molecule has 0 saturated heterocycles. The van der Waals surface area contributed by atoms with E-state index >= 15 is 0 Å². The molecule has 1 heterocycles. The van der Waals surface area contributed by atoms with Gasteiger partial charge in [0.05, 0.1) is 0 Å². The van der Waals surface area contributed by atoms with Crippen LogP contribution in [-0.2, 0) is 6.42 Å². The van der Waals surface area contributed by atoms with Crippen molar-refractivity contribution in [1.29, 1.82) is 0 Å². The molecule has 0 saturated carbocycles. The molecule has 0 radical (unpaired) electrons. The Morgan fingerprint density at radius 2 is 1.85 bits per heavy atom. The van der Waals surface area contributed by atoms with E-state index in [0.29, 0.717) is 17.7 Å². The van der Waals surface area contributed by atoms with Crippen LogP contribution in [0.4, 0.5) is 11.6 Å². The Kier molecular flexibility index (Phi) is 4.96. The molecule has 1 aromatic carbocycles. The third-order valence-electron chi connectivity index (χ3n) is 3.06. The van der Waals surface area contributed by atoms with Gasteiger partial charge in [-0.25, -0.2) is 9.97 Å². The van der Waals surface area contributed by atoms with Crippen molar-refractivity contribution in [2.24, 2.45) is 0 Å². The summed E-state index contributed by atoms with van der Waals surface area (Å²) in [5, 5.41) is 3.25. The first-order chi connectivity index (χ1) is 9.58. The molecule has 20 heavy (non-hydrogen) atoms. The molecule has 0 aliphatic carbocycles. The van der Waals surface area contributed by atoms with Crippen LogP contribution in [0.15, 0.2) is 30.3 Å². The Hall–Kier alpha value is -1.61. The lowest BCUT2D eigenvalue weighted by Crippen LogP contribution is -2.03. The second kappa shape index (κ2) is 6.71. The summed E-state index contributed by atoms with van der Waals surface area (Å²) in [5.41, 5.74) is 4.26. The Balaban J connectivity index is 2.16. The molecule has 1 N–H and O–H groups in total. The normalized spacial score (nSPS) is 10.8. The first-order valence-electron chi connectivity index (χ1n) is 6.86. The number of rotatable bonds is 5. The molecule has 4 heteroatoms. The molecule has 2 rings (SSSR count). The van der Waals surface area contributed by atoms with Crippen molar-refractivity contribution in [2.75, 3.05) is 11.2 Å². The van der Waals surface area contributed by atoms with E-state index in [1.165, 1.54) is 5.56 Å². The quantitative estimate of drug-likeness (QED) is 0.827. The lowest BCUT2D eigenvalue weighted by atomic mass is 10.1. The van der Waals surface area contributed by atoms with E-state index in [0.717, 1.165) is 23.5 Å². The zero-order valence-electron chi connectivity index (χ0n) is 12.2. The Labute approximate surface area is 125 Å². The molecule has 2 aromatic rings. The number of alkyl halides is 1. The molecule has 0 unspecified atom stereocenters. The highest BCUT2D eigenvalue weighted by molar-refractivity contribution is 6.17. The maximum atomic E-state index is 5.73. The average molecular weight is 290 g/mol. The molecule has 0 bridgehead atoms. The minimum atomic E-state index is 0.392. The average Bonchev–Trinajstić information content (AvgIpc) is 2.40. The van der Waals surface area contributed by atoms with E-state index in [9.17, 15) is 0 Å². The predicted octanol–water partition coefficient (Wildman–Crippen LogP) is 4.43. The van der Waals surface area contributed by atoms with Gasteiger partial charge < -0.3 is 5.32 Å². The molecule has 0 fully saturated rings. The summed E-state index contributed by atoms with van der Waals surface area (Å²) in [6, 6.07) is 10.2.